The van der Waals surface area contributed by atoms with Crippen LogP contribution < -0.4 is 10.5 Å². The van der Waals surface area contributed by atoms with Crippen molar-refractivity contribution in [2.24, 2.45) is 0 Å². The van der Waals surface area contributed by atoms with E-state index in [0.29, 0.717) is 22.7 Å². The molecular formula is C15H12N4O. The molecule has 1 heterocycles. The third kappa shape index (κ3) is 1.84. The second-order valence-corrected chi connectivity index (χ2v) is 4.37. The number of hydrogen-bond donors (Lipinski definition) is 1. The van der Waals surface area contributed by atoms with Gasteiger partial charge >= 0.3 is 0 Å². The van der Waals surface area contributed by atoms with Crippen molar-refractivity contribution in [1.29, 1.82) is 5.26 Å². The lowest BCUT2D eigenvalue weighted by atomic mass is 10.1. The van der Waals surface area contributed by atoms with E-state index in [1.165, 1.54) is 0 Å². The summed E-state index contributed by atoms with van der Waals surface area (Å²) in [6.45, 7) is 0. The largest absolute Gasteiger partial charge is 0.497 e. The number of methoxy groups -OCH3 is 1. The first-order chi connectivity index (χ1) is 9.72. The number of anilines is 1. The van der Waals surface area contributed by atoms with E-state index in [1.807, 2.05) is 18.2 Å². The molecule has 3 aromatic rings. The van der Waals surface area contributed by atoms with E-state index >= 15 is 0 Å². The fraction of sp³-hybridized carbons (Fsp3) is 0.0667. The van der Waals surface area contributed by atoms with Crippen molar-refractivity contribution in [1.82, 2.24) is 9.78 Å². The summed E-state index contributed by atoms with van der Waals surface area (Å²) in [5, 5.41) is 14.6. The average molecular weight is 264 g/mol. The smallest absolute Gasteiger partial charge is 0.121 e. The van der Waals surface area contributed by atoms with Gasteiger partial charge in [0.05, 0.1) is 30.1 Å². The van der Waals surface area contributed by atoms with Crippen LogP contribution in [-0.2, 0) is 0 Å². The highest BCUT2D eigenvalue weighted by Gasteiger charge is 2.11. The minimum Gasteiger partial charge on any atom is -0.497 e. The van der Waals surface area contributed by atoms with Crippen molar-refractivity contribution in [3.8, 4) is 17.5 Å². The molecule has 5 heteroatoms. The summed E-state index contributed by atoms with van der Waals surface area (Å²) < 4.78 is 6.91. The molecule has 0 fully saturated rings. The summed E-state index contributed by atoms with van der Waals surface area (Å²) in [5.41, 5.74) is 8.54. The SMILES string of the molecule is COc1ccc(C#N)c(-n2ncc3ccc(N)cc32)c1. The number of hydrogen-bond acceptors (Lipinski definition) is 4. The lowest BCUT2D eigenvalue weighted by molar-refractivity contribution is 0.414. The van der Waals surface area contributed by atoms with Gasteiger partial charge in [-0.1, -0.05) is 0 Å². The first-order valence-corrected chi connectivity index (χ1v) is 6.04. The molecule has 2 aromatic carbocycles. The zero-order valence-electron chi connectivity index (χ0n) is 10.9. The Morgan fingerprint density at radius 3 is 2.85 bits per heavy atom. The van der Waals surface area contributed by atoms with Gasteiger partial charge in [-0.05, 0) is 30.3 Å². The molecule has 0 bridgehead atoms. The van der Waals surface area contributed by atoms with E-state index in [9.17, 15) is 5.26 Å². The number of nitrogen functional groups attached to an aromatic ring is 1. The van der Waals surface area contributed by atoms with Gasteiger partial charge in [-0.25, -0.2) is 4.68 Å². The zero-order valence-corrected chi connectivity index (χ0v) is 10.9. The van der Waals surface area contributed by atoms with Crippen LogP contribution in [0.15, 0.2) is 42.6 Å². The lowest BCUT2D eigenvalue weighted by Crippen LogP contribution is -2.00. The lowest BCUT2D eigenvalue weighted by Gasteiger charge is -2.08. The summed E-state index contributed by atoms with van der Waals surface area (Å²) in [6.07, 6.45) is 1.75. The average Bonchev–Trinajstić information content (AvgIpc) is 2.89. The van der Waals surface area contributed by atoms with E-state index in [0.717, 1.165) is 10.9 Å². The van der Waals surface area contributed by atoms with E-state index < -0.39 is 0 Å². The maximum absolute atomic E-state index is 9.25. The molecule has 5 nitrogen and oxygen atoms in total. The Bertz CT molecular complexity index is 829. The zero-order chi connectivity index (χ0) is 14.1. The molecule has 0 spiro atoms. The number of nitrogens with zero attached hydrogens (tertiary/aromatic N) is 3. The van der Waals surface area contributed by atoms with E-state index in [4.69, 9.17) is 10.5 Å². The number of rotatable bonds is 2. The Labute approximate surface area is 115 Å². The van der Waals surface area contributed by atoms with Gasteiger partial charge in [0.2, 0.25) is 0 Å². The van der Waals surface area contributed by atoms with Gasteiger partial charge in [0.1, 0.15) is 11.8 Å². The van der Waals surface area contributed by atoms with Crippen molar-refractivity contribution in [2.45, 2.75) is 0 Å². The van der Waals surface area contributed by atoms with E-state index in [1.54, 1.807) is 36.2 Å². The quantitative estimate of drug-likeness (QED) is 0.721. The van der Waals surface area contributed by atoms with Crippen molar-refractivity contribution >= 4 is 16.6 Å². The number of benzene rings is 2. The highest BCUT2D eigenvalue weighted by atomic mass is 16.5. The summed E-state index contributed by atoms with van der Waals surface area (Å²) in [7, 11) is 1.59. The third-order valence-electron chi connectivity index (χ3n) is 3.15. The summed E-state index contributed by atoms with van der Waals surface area (Å²) in [5.74, 6) is 0.673. The van der Waals surface area contributed by atoms with Crippen LogP contribution in [0.5, 0.6) is 5.75 Å². The molecule has 0 radical (unpaired) electrons. The summed E-state index contributed by atoms with van der Waals surface area (Å²) >= 11 is 0. The van der Waals surface area contributed by atoms with Crippen LogP contribution in [0.3, 0.4) is 0 Å². The number of aromatic nitrogens is 2. The van der Waals surface area contributed by atoms with Crippen LogP contribution >= 0.6 is 0 Å². The first kappa shape index (κ1) is 12.1. The highest BCUT2D eigenvalue weighted by molar-refractivity contribution is 5.83. The van der Waals surface area contributed by atoms with Gasteiger partial charge < -0.3 is 10.5 Å². The summed E-state index contributed by atoms with van der Waals surface area (Å²) in [4.78, 5) is 0. The first-order valence-electron chi connectivity index (χ1n) is 6.04. The van der Waals surface area contributed by atoms with Crippen molar-refractivity contribution < 1.29 is 4.74 Å². The second kappa shape index (κ2) is 4.59. The van der Waals surface area contributed by atoms with E-state index in [2.05, 4.69) is 11.2 Å². The van der Waals surface area contributed by atoms with E-state index in [-0.39, 0.29) is 0 Å². The number of fused-ring (bicyclic) bond motifs is 1. The van der Waals surface area contributed by atoms with Gasteiger partial charge in [0.25, 0.3) is 0 Å². The number of nitrogens with two attached hydrogens (primary N) is 1. The van der Waals surface area contributed by atoms with Gasteiger partial charge in [-0.3, -0.25) is 0 Å². The van der Waals surface area contributed by atoms with Crippen LogP contribution in [0.2, 0.25) is 0 Å². The fourth-order valence-corrected chi connectivity index (χ4v) is 2.14. The Morgan fingerprint density at radius 2 is 2.10 bits per heavy atom. The van der Waals surface area contributed by atoms with Gasteiger partial charge in [-0.2, -0.15) is 10.4 Å². The molecule has 3 rings (SSSR count). The molecule has 20 heavy (non-hydrogen) atoms. The van der Waals surface area contributed by atoms with Gasteiger partial charge in [-0.15, -0.1) is 0 Å². The van der Waals surface area contributed by atoms with Crippen molar-refractivity contribution in [3.05, 3.63) is 48.2 Å². The molecule has 2 N–H and O–H groups in total. The minimum absolute atomic E-state index is 0.526. The number of nitriles is 1. The second-order valence-electron chi connectivity index (χ2n) is 4.37. The molecule has 0 aliphatic rings. The Kier molecular flexibility index (Phi) is 2.77. The predicted octanol–water partition coefficient (Wildman–Crippen LogP) is 2.49. The van der Waals surface area contributed by atoms with Crippen LogP contribution in [0.1, 0.15) is 5.56 Å². The van der Waals surface area contributed by atoms with Crippen molar-refractivity contribution in [2.75, 3.05) is 12.8 Å². The molecule has 0 aliphatic carbocycles. The van der Waals surface area contributed by atoms with Crippen LogP contribution in [0.25, 0.3) is 16.6 Å². The molecule has 0 amide bonds. The highest BCUT2D eigenvalue weighted by Crippen LogP contribution is 2.25. The number of ether oxygens (including phenoxy) is 1. The van der Waals surface area contributed by atoms with Crippen LogP contribution in [-0.4, -0.2) is 16.9 Å². The third-order valence-corrected chi connectivity index (χ3v) is 3.15. The molecule has 0 saturated carbocycles. The Balaban J connectivity index is 2.30. The van der Waals surface area contributed by atoms with Gasteiger partial charge in [0.15, 0.2) is 0 Å². The Hall–Kier alpha value is -3.00. The van der Waals surface area contributed by atoms with Crippen LogP contribution in [0.4, 0.5) is 5.69 Å². The topological polar surface area (TPSA) is 76.9 Å². The molecule has 0 saturated heterocycles. The fourth-order valence-electron chi connectivity index (χ4n) is 2.14. The normalized spacial score (nSPS) is 10.4. The monoisotopic (exact) mass is 264 g/mol. The van der Waals surface area contributed by atoms with Crippen LogP contribution in [0, 0.1) is 11.3 Å². The molecule has 0 aliphatic heterocycles. The molecule has 1 aromatic heterocycles. The molecule has 0 atom stereocenters. The molecule has 98 valence electrons. The molecular weight excluding hydrogens is 252 g/mol. The van der Waals surface area contributed by atoms with Gasteiger partial charge in [0, 0.05) is 17.1 Å². The maximum Gasteiger partial charge on any atom is 0.121 e. The minimum atomic E-state index is 0.526. The summed E-state index contributed by atoms with van der Waals surface area (Å²) in [6, 6.07) is 13.0. The maximum atomic E-state index is 9.25. The van der Waals surface area contributed by atoms with Crippen molar-refractivity contribution in [3.63, 3.8) is 0 Å². The Morgan fingerprint density at radius 1 is 1.25 bits per heavy atom. The molecule has 0 unspecified atom stereocenters. The standard InChI is InChI=1S/C15H12N4O/c1-20-13-5-3-10(8-16)15(7-13)19-14-6-12(17)4-2-11(14)9-18-19/h2-7,9H,17H2,1H3. The predicted molar refractivity (Wildman–Crippen MR) is 76.7 cm³/mol.